The van der Waals surface area contributed by atoms with Gasteiger partial charge in [-0.1, -0.05) is 17.2 Å². The van der Waals surface area contributed by atoms with Crippen LogP contribution < -0.4 is 11.5 Å². The molecule has 0 aliphatic rings. The van der Waals surface area contributed by atoms with Gasteiger partial charge in [-0.2, -0.15) is 0 Å². The molecule has 1 atom stereocenters. The van der Waals surface area contributed by atoms with Crippen molar-refractivity contribution in [3.8, 4) is 0 Å². The van der Waals surface area contributed by atoms with Gasteiger partial charge in [0.05, 0.1) is 6.04 Å². The van der Waals surface area contributed by atoms with Crippen molar-refractivity contribution in [1.82, 2.24) is 0 Å². The summed E-state index contributed by atoms with van der Waals surface area (Å²) in [6.45, 7) is 1.79. The molecule has 3 nitrogen and oxygen atoms in total. The Labute approximate surface area is 65.0 Å². The van der Waals surface area contributed by atoms with Crippen molar-refractivity contribution in [2.45, 2.75) is 19.4 Å². The van der Waals surface area contributed by atoms with Crippen LogP contribution in [0.1, 0.15) is 13.3 Å². The summed E-state index contributed by atoms with van der Waals surface area (Å²) in [5.41, 5.74) is 12.5. The van der Waals surface area contributed by atoms with E-state index in [1.807, 2.05) is 0 Å². The van der Waals surface area contributed by atoms with Crippen molar-refractivity contribution < 1.29 is 4.79 Å². The van der Waals surface area contributed by atoms with Gasteiger partial charge in [-0.15, -0.1) is 0 Å². The Morgan fingerprint density at radius 1 is 1.80 bits per heavy atom. The van der Waals surface area contributed by atoms with Crippen LogP contribution in [-0.4, -0.2) is 11.9 Å². The number of halogens is 1. The Morgan fingerprint density at radius 3 is 2.60 bits per heavy atom. The monoisotopic (exact) mass is 162 g/mol. The zero-order valence-corrected chi connectivity index (χ0v) is 6.56. The lowest BCUT2D eigenvalue weighted by Gasteiger charge is -2.05. The number of nitrogens with two attached hydrogens (primary N) is 2. The minimum absolute atomic E-state index is 0.429. The van der Waals surface area contributed by atoms with Crippen molar-refractivity contribution in [3.05, 3.63) is 11.1 Å². The second-order valence-corrected chi connectivity index (χ2v) is 2.39. The molecule has 0 aromatic rings. The predicted molar refractivity (Wildman–Crippen MR) is 41.4 cm³/mol. The van der Waals surface area contributed by atoms with Crippen LogP contribution in [0.2, 0.25) is 0 Å². The standard InChI is InChI=1S/C6H11ClN2O/c1-4(3-7)2-5(8)6(9)10/h3,5H,2,8H2,1H3,(H2,9,10)/b4-3+. The van der Waals surface area contributed by atoms with Crippen LogP contribution in [0.3, 0.4) is 0 Å². The van der Waals surface area contributed by atoms with Gasteiger partial charge in [-0.25, -0.2) is 0 Å². The molecule has 58 valence electrons. The third kappa shape index (κ3) is 3.48. The van der Waals surface area contributed by atoms with Gasteiger partial charge in [0, 0.05) is 5.54 Å². The average molecular weight is 163 g/mol. The number of primary amides is 1. The van der Waals surface area contributed by atoms with Gasteiger partial charge in [0.2, 0.25) is 5.91 Å². The van der Waals surface area contributed by atoms with Crippen LogP contribution in [-0.2, 0) is 4.79 Å². The van der Waals surface area contributed by atoms with Crippen molar-refractivity contribution in [2.24, 2.45) is 11.5 Å². The topological polar surface area (TPSA) is 69.1 Å². The molecule has 0 rings (SSSR count). The van der Waals surface area contributed by atoms with E-state index in [0.717, 1.165) is 5.57 Å². The molecule has 10 heavy (non-hydrogen) atoms. The molecule has 1 unspecified atom stereocenters. The Hall–Kier alpha value is -0.540. The SMILES string of the molecule is C/C(=C\Cl)CC(N)C(N)=O. The highest BCUT2D eigenvalue weighted by molar-refractivity contribution is 6.25. The highest BCUT2D eigenvalue weighted by Gasteiger charge is 2.08. The Bertz CT molecular complexity index is 156. The number of carbonyl (C=O) groups excluding carboxylic acids is 1. The van der Waals surface area contributed by atoms with Crippen LogP contribution in [0.4, 0.5) is 0 Å². The highest BCUT2D eigenvalue weighted by Crippen LogP contribution is 2.03. The maximum Gasteiger partial charge on any atom is 0.234 e. The summed E-state index contributed by atoms with van der Waals surface area (Å²) < 4.78 is 0. The summed E-state index contributed by atoms with van der Waals surface area (Å²) in [6.07, 6.45) is 0.429. The summed E-state index contributed by atoms with van der Waals surface area (Å²) in [5.74, 6) is -0.502. The van der Waals surface area contributed by atoms with Crippen LogP contribution in [0, 0.1) is 0 Å². The molecule has 4 N–H and O–H groups in total. The van der Waals surface area contributed by atoms with E-state index in [2.05, 4.69) is 0 Å². The first-order valence-electron chi connectivity index (χ1n) is 2.88. The van der Waals surface area contributed by atoms with E-state index in [-0.39, 0.29) is 0 Å². The highest BCUT2D eigenvalue weighted by atomic mass is 35.5. The Kier molecular flexibility index (Phi) is 4.07. The number of rotatable bonds is 3. The normalized spacial score (nSPS) is 14.9. The van der Waals surface area contributed by atoms with Gasteiger partial charge in [0.15, 0.2) is 0 Å². The molecular weight excluding hydrogens is 152 g/mol. The summed E-state index contributed by atoms with van der Waals surface area (Å²) in [4.78, 5) is 10.4. The molecule has 0 saturated carbocycles. The summed E-state index contributed by atoms with van der Waals surface area (Å²) in [5, 5.41) is 0. The fraction of sp³-hybridized carbons (Fsp3) is 0.500. The fourth-order valence-electron chi connectivity index (χ4n) is 0.492. The second kappa shape index (κ2) is 4.30. The first-order valence-corrected chi connectivity index (χ1v) is 3.32. The quantitative estimate of drug-likeness (QED) is 0.628. The fourth-order valence-corrected chi connectivity index (χ4v) is 0.581. The van der Waals surface area contributed by atoms with Crippen LogP contribution in [0.15, 0.2) is 11.1 Å². The molecule has 0 bridgehead atoms. The minimum Gasteiger partial charge on any atom is -0.368 e. The second-order valence-electron chi connectivity index (χ2n) is 2.17. The molecular formula is C6H11ClN2O. The number of carbonyl (C=O) groups is 1. The molecule has 0 spiro atoms. The Morgan fingerprint density at radius 2 is 2.30 bits per heavy atom. The maximum absolute atomic E-state index is 10.4. The number of hydrogen-bond donors (Lipinski definition) is 2. The third-order valence-corrected chi connectivity index (χ3v) is 1.47. The van der Waals surface area contributed by atoms with Crippen LogP contribution in [0.5, 0.6) is 0 Å². The molecule has 0 fully saturated rings. The van der Waals surface area contributed by atoms with Crippen LogP contribution >= 0.6 is 11.6 Å². The first-order chi connectivity index (χ1) is 4.57. The molecule has 4 heteroatoms. The van der Waals surface area contributed by atoms with Gasteiger partial charge in [0.25, 0.3) is 0 Å². The molecule has 1 amide bonds. The van der Waals surface area contributed by atoms with Crippen molar-refractivity contribution in [2.75, 3.05) is 0 Å². The van der Waals surface area contributed by atoms with Crippen molar-refractivity contribution in [3.63, 3.8) is 0 Å². The zero-order valence-electron chi connectivity index (χ0n) is 5.80. The van der Waals surface area contributed by atoms with E-state index >= 15 is 0 Å². The van der Waals surface area contributed by atoms with E-state index in [1.54, 1.807) is 6.92 Å². The average Bonchev–Trinajstić information content (AvgIpc) is 1.87. The summed E-state index contributed by atoms with van der Waals surface area (Å²) in [6, 6.07) is -0.616. The van der Waals surface area contributed by atoms with Gasteiger partial charge in [-0.05, 0) is 13.3 Å². The van der Waals surface area contributed by atoms with Crippen molar-refractivity contribution >= 4 is 17.5 Å². The first kappa shape index (κ1) is 9.46. The van der Waals surface area contributed by atoms with E-state index in [9.17, 15) is 4.79 Å². The third-order valence-electron chi connectivity index (χ3n) is 1.09. The van der Waals surface area contributed by atoms with Gasteiger partial charge >= 0.3 is 0 Å². The smallest absolute Gasteiger partial charge is 0.234 e. The number of amides is 1. The molecule has 0 aliphatic carbocycles. The largest absolute Gasteiger partial charge is 0.368 e. The summed E-state index contributed by atoms with van der Waals surface area (Å²) >= 11 is 5.33. The van der Waals surface area contributed by atoms with E-state index in [0.29, 0.717) is 6.42 Å². The summed E-state index contributed by atoms with van der Waals surface area (Å²) in [7, 11) is 0. The lowest BCUT2D eigenvalue weighted by Crippen LogP contribution is -2.36. The molecule has 0 aromatic carbocycles. The lowest BCUT2D eigenvalue weighted by molar-refractivity contribution is -0.119. The lowest BCUT2D eigenvalue weighted by atomic mass is 10.1. The number of hydrogen-bond acceptors (Lipinski definition) is 2. The zero-order chi connectivity index (χ0) is 8.15. The van der Waals surface area contributed by atoms with Gasteiger partial charge in [-0.3, -0.25) is 4.79 Å². The van der Waals surface area contributed by atoms with Crippen LogP contribution in [0.25, 0.3) is 0 Å². The Balaban J connectivity index is 3.80. The maximum atomic E-state index is 10.4. The predicted octanol–water partition coefficient (Wildman–Crippen LogP) is 0.332. The minimum atomic E-state index is -0.616. The molecule has 0 heterocycles. The van der Waals surface area contributed by atoms with E-state index in [1.165, 1.54) is 5.54 Å². The molecule has 0 aliphatic heterocycles. The van der Waals surface area contributed by atoms with Gasteiger partial charge in [0.1, 0.15) is 0 Å². The molecule has 0 aromatic heterocycles. The molecule has 0 radical (unpaired) electrons. The molecule has 0 saturated heterocycles. The van der Waals surface area contributed by atoms with E-state index < -0.39 is 11.9 Å². The van der Waals surface area contributed by atoms with Gasteiger partial charge < -0.3 is 11.5 Å². The van der Waals surface area contributed by atoms with Crippen molar-refractivity contribution in [1.29, 1.82) is 0 Å². The van der Waals surface area contributed by atoms with E-state index in [4.69, 9.17) is 23.1 Å².